The van der Waals surface area contributed by atoms with Gasteiger partial charge in [-0.2, -0.15) is 0 Å². The van der Waals surface area contributed by atoms with Crippen molar-refractivity contribution in [3.05, 3.63) is 50.8 Å². The molecule has 116 valence electrons. The van der Waals surface area contributed by atoms with Crippen LogP contribution in [-0.2, 0) is 0 Å². The Morgan fingerprint density at radius 1 is 1.14 bits per heavy atom. The molecule has 0 unspecified atom stereocenters. The van der Waals surface area contributed by atoms with Gasteiger partial charge in [-0.3, -0.25) is 4.79 Å². The van der Waals surface area contributed by atoms with Crippen LogP contribution in [0.2, 0.25) is 0 Å². The van der Waals surface area contributed by atoms with Gasteiger partial charge in [0.15, 0.2) is 11.5 Å². The largest absolute Gasteiger partial charge is 0.493 e. The quantitative estimate of drug-likeness (QED) is 0.768. The zero-order valence-corrected chi connectivity index (χ0v) is 14.5. The predicted molar refractivity (Wildman–Crippen MR) is 91.4 cm³/mol. The van der Waals surface area contributed by atoms with E-state index in [1.165, 1.54) is 26.4 Å². The highest BCUT2D eigenvalue weighted by atomic mass is 127. The van der Waals surface area contributed by atoms with Crippen LogP contribution >= 0.6 is 22.6 Å². The summed E-state index contributed by atoms with van der Waals surface area (Å²) in [7, 11) is 3.02. The molecule has 0 saturated carbocycles. The highest BCUT2D eigenvalue weighted by molar-refractivity contribution is 14.1. The Balaban J connectivity index is 2.33. The molecule has 0 aliphatic heterocycles. The van der Waals surface area contributed by atoms with Gasteiger partial charge in [0.25, 0.3) is 5.91 Å². The van der Waals surface area contributed by atoms with Crippen LogP contribution < -0.4 is 14.8 Å². The highest BCUT2D eigenvalue weighted by Gasteiger charge is 2.16. The van der Waals surface area contributed by atoms with Crippen molar-refractivity contribution in [1.82, 2.24) is 0 Å². The lowest BCUT2D eigenvalue weighted by atomic mass is 10.1. The number of hydrogen-bond acceptors (Lipinski definition) is 3. The second-order valence-electron chi connectivity index (χ2n) is 4.62. The second kappa shape index (κ2) is 6.95. The Bertz CT molecular complexity index is 719. The van der Waals surface area contributed by atoms with E-state index in [-0.39, 0.29) is 5.69 Å². The molecule has 2 rings (SSSR count). The Morgan fingerprint density at radius 3 is 2.36 bits per heavy atom. The first-order valence-electron chi connectivity index (χ1n) is 6.45. The monoisotopic (exact) mass is 415 g/mol. The first kappa shape index (κ1) is 16.5. The molecule has 0 heterocycles. The Hall–Kier alpha value is -1.83. The first-order valence-corrected chi connectivity index (χ1v) is 7.53. The fourth-order valence-corrected chi connectivity index (χ4v) is 2.62. The van der Waals surface area contributed by atoms with Crippen LogP contribution in [0.15, 0.2) is 30.3 Å². The third-order valence-corrected chi connectivity index (χ3v) is 3.98. The van der Waals surface area contributed by atoms with Crippen LogP contribution in [0.25, 0.3) is 0 Å². The molecule has 0 bridgehead atoms. The summed E-state index contributed by atoms with van der Waals surface area (Å²) in [6.07, 6.45) is 0. The Labute approximate surface area is 141 Å². The number of carbonyl (C=O) groups is 1. The maximum atomic E-state index is 13.8. The summed E-state index contributed by atoms with van der Waals surface area (Å²) in [5.74, 6) is 0.0966. The number of halogens is 2. The molecule has 0 aromatic heterocycles. The molecule has 0 aliphatic carbocycles. The van der Waals surface area contributed by atoms with Gasteiger partial charge in [-0.25, -0.2) is 4.39 Å². The third-order valence-electron chi connectivity index (χ3n) is 3.09. The summed E-state index contributed by atoms with van der Waals surface area (Å²) in [4.78, 5) is 12.4. The number of amides is 1. The van der Waals surface area contributed by atoms with Gasteiger partial charge in [0.2, 0.25) is 0 Å². The lowest BCUT2D eigenvalue weighted by Crippen LogP contribution is -2.15. The number of benzene rings is 2. The number of hydrogen-bond donors (Lipinski definition) is 1. The molecular weight excluding hydrogens is 400 g/mol. The molecule has 22 heavy (non-hydrogen) atoms. The van der Waals surface area contributed by atoms with Gasteiger partial charge in [0, 0.05) is 3.57 Å². The van der Waals surface area contributed by atoms with E-state index in [1.54, 1.807) is 25.1 Å². The van der Waals surface area contributed by atoms with E-state index in [4.69, 9.17) is 9.47 Å². The van der Waals surface area contributed by atoms with E-state index in [9.17, 15) is 9.18 Å². The average Bonchev–Trinajstić information content (AvgIpc) is 2.49. The van der Waals surface area contributed by atoms with Crippen molar-refractivity contribution in [3.8, 4) is 11.5 Å². The molecule has 0 aliphatic rings. The summed E-state index contributed by atoms with van der Waals surface area (Å²) in [5.41, 5.74) is 1.32. The summed E-state index contributed by atoms with van der Waals surface area (Å²) < 4.78 is 24.9. The molecule has 2 aromatic rings. The zero-order valence-electron chi connectivity index (χ0n) is 12.4. The van der Waals surface area contributed by atoms with Gasteiger partial charge in [-0.05, 0) is 59.3 Å². The summed E-state index contributed by atoms with van der Waals surface area (Å²) >= 11 is 2.02. The van der Waals surface area contributed by atoms with Crippen LogP contribution in [0.1, 0.15) is 15.9 Å². The number of carbonyl (C=O) groups excluding carboxylic acids is 1. The minimum atomic E-state index is -0.469. The van der Waals surface area contributed by atoms with E-state index in [0.29, 0.717) is 20.6 Å². The van der Waals surface area contributed by atoms with Gasteiger partial charge in [0.05, 0.1) is 25.5 Å². The zero-order chi connectivity index (χ0) is 16.3. The molecule has 0 radical (unpaired) electrons. The van der Waals surface area contributed by atoms with Gasteiger partial charge < -0.3 is 14.8 Å². The van der Waals surface area contributed by atoms with Crippen molar-refractivity contribution < 1.29 is 18.7 Å². The maximum absolute atomic E-state index is 13.8. The third kappa shape index (κ3) is 3.49. The molecule has 0 saturated heterocycles. The average molecular weight is 415 g/mol. The summed E-state index contributed by atoms with van der Waals surface area (Å²) in [6, 6.07) is 7.91. The lowest BCUT2D eigenvalue weighted by molar-refractivity contribution is 0.102. The molecule has 0 spiro atoms. The molecule has 0 atom stereocenters. The van der Waals surface area contributed by atoms with Crippen LogP contribution in [0.4, 0.5) is 10.1 Å². The molecule has 4 nitrogen and oxygen atoms in total. The van der Waals surface area contributed by atoms with Crippen LogP contribution in [0, 0.1) is 16.3 Å². The Morgan fingerprint density at radius 2 is 1.77 bits per heavy atom. The summed E-state index contributed by atoms with van der Waals surface area (Å²) in [6.45, 7) is 1.78. The predicted octanol–water partition coefficient (Wildman–Crippen LogP) is 4.01. The van der Waals surface area contributed by atoms with E-state index in [2.05, 4.69) is 5.32 Å². The van der Waals surface area contributed by atoms with Gasteiger partial charge >= 0.3 is 0 Å². The normalized spacial score (nSPS) is 10.2. The minimum Gasteiger partial charge on any atom is -0.493 e. The van der Waals surface area contributed by atoms with E-state index in [0.717, 1.165) is 5.56 Å². The maximum Gasteiger partial charge on any atom is 0.256 e. The fourth-order valence-electron chi connectivity index (χ4n) is 1.94. The van der Waals surface area contributed by atoms with E-state index < -0.39 is 11.7 Å². The van der Waals surface area contributed by atoms with Crippen molar-refractivity contribution in [2.24, 2.45) is 0 Å². The highest BCUT2D eigenvalue weighted by Crippen LogP contribution is 2.31. The molecular formula is C16H15FINO3. The molecule has 6 heteroatoms. The molecule has 1 amide bonds. The number of nitrogens with one attached hydrogen (secondary N) is 1. The first-order chi connectivity index (χ1) is 10.5. The molecule has 2 aromatic carbocycles. The van der Waals surface area contributed by atoms with Gasteiger partial charge in [-0.1, -0.05) is 6.07 Å². The SMILES string of the molecule is COc1cc(I)c(C(=O)Nc2ccc(C)cc2F)cc1OC. The summed E-state index contributed by atoms with van der Waals surface area (Å²) in [5, 5.41) is 2.57. The molecule has 0 fully saturated rings. The van der Waals surface area contributed by atoms with Crippen LogP contribution in [-0.4, -0.2) is 20.1 Å². The number of rotatable bonds is 4. The second-order valence-corrected chi connectivity index (χ2v) is 5.79. The van der Waals surface area contributed by atoms with Crippen LogP contribution in [0.5, 0.6) is 11.5 Å². The van der Waals surface area contributed by atoms with Crippen molar-refractivity contribution in [2.45, 2.75) is 6.92 Å². The van der Waals surface area contributed by atoms with Gasteiger partial charge in [0.1, 0.15) is 5.82 Å². The number of ether oxygens (including phenoxy) is 2. The van der Waals surface area contributed by atoms with E-state index in [1.807, 2.05) is 22.6 Å². The van der Waals surface area contributed by atoms with Crippen molar-refractivity contribution in [1.29, 1.82) is 0 Å². The smallest absolute Gasteiger partial charge is 0.256 e. The molecule has 1 N–H and O–H groups in total. The standard InChI is InChI=1S/C16H15FINO3/c1-9-4-5-13(11(17)6-9)19-16(20)10-7-14(21-2)15(22-3)8-12(10)18/h4-8H,1-3H3,(H,19,20). The topological polar surface area (TPSA) is 47.6 Å². The number of anilines is 1. The van der Waals surface area contributed by atoms with Gasteiger partial charge in [-0.15, -0.1) is 0 Å². The Kier molecular flexibility index (Phi) is 5.23. The lowest BCUT2D eigenvalue weighted by Gasteiger charge is -2.12. The number of aryl methyl sites for hydroxylation is 1. The van der Waals surface area contributed by atoms with Crippen LogP contribution in [0.3, 0.4) is 0 Å². The van der Waals surface area contributed by atoms with Crippen molar-refractivity contribution in [3.63, 3.8) is 0 Å². The number of methoxy groups -OCH3 is 2. The van der Waals surface area contributed by atoms with Crippen molar-refractivity contribution >= 4 is 34.2 Å². The minimum absolute atomic E-state index is 0.140. The van der Waals surface area contributed by atoms with Crippen molar-refractivity contribution in [2.75, 3.05) is 19.5 Å². The fraction of sp³-hybridized carbons (Fsp3) is 0.188. The van der Waals surface area contributed by atoms with E-state index >= 15 is 0 Å².